The van der Waals surface area contributed by atoms with E-state index in [0.717, 1.165) is 25.8 Å². The number of hydrogen-bond donors (Lipinski definition) is 1. The predicted octanol–water partition coefficient (Wildman–Crippen LogP) is 1.36. The van der Waals surface area contributed by atoms with Crippen molar-refractivity contribution in [3.05, 3.63) is 0 Å². The highest BCUT2D eigenvalue weighted by Crippen LogP contribution is 2.16. The number of ether oxygens (including phenoxy) is 1. The zero-order valence-corrected chi connectivity index (χ0v) is 9.02. The van der Waals surface area contributed by atoms with Gasteiger partial charge in [0.25, 0.3) is 0 Å². The Morgan fingerprint density at radius 1 is 1.54 bits per heavy atom. The Morgan fingerprint density at radius 3 is 2.62 bits per heavy atom. The van der Waals surface area contributed by atoms with Gasteiger partial charge in [-0.25, -0.2) is 0 Å². The highest BCUT2D eigenvalue weighted by Gasteiger charge is 2.25. The Labute approximate surface area is 85.6 Å². The standard InChI is InChI=1S/C9H17NO2.ClH/c1-3-8-5-4-7(6-10-8)9(11)12-2;/h7-8,10H,3-6H2,1-2H3;1H. The summed E-state index contributed by atoms with van der Waals surface area (Å²) in [5.41, 5.74) is 0. The molecule has 1 rings (SSSR count). The Balaban J connectivity index is 0.00000144. The number of rotatable bonds is 2. The lowest BCUT2D eigenvalue weighted by molar-refractivity contribution is -0.146. The second kappa shape index (κ2) is 6.22. The minimum absolute atomic E-state index is 0. The summed E-state index contributed by atoms with van der Waals surface area (Å²) in [4.78, 5) is 11.1. The van der Waals surface area contributed by atoms with Crippen LogP contribution in [0.4, 0.5) is 0 Å². The normalized spacial score (nSPS) is 27.5. The molecule has 1 heterocycles. The van der Waals surface area contributed by atoms with Crippen molar-refractivity contribution >= 4 is 18.4 Å². The van der Waals surface area contributed by atoms with Crippen LogP contribution in [0.2, 0.25) is 0 Å². The molecule has 1 saturated heterocycles. The molecule has 0 bridgehead atoms. The van der Waals surface area contributed by atoms with Crippen molar-refractivity contribution in [1.29, 1.82) is 0 Å². The summed E-state index contributed by atoms with van der Waals surface area (Å²) in [5, 5.41) is 3.33. The molecule has 0 aliphatic carbocycles. The average molecular weight is 208 g/mol. The van der Waals surface area contributed by atoms with E-state index in [0.29, 0.717) is 6.04 Å². The van der Waals surface area contributed by atoms with Crippen LogP contribution < -0.4 is 5.32 Å². The molecular weight excluding hydrogens is 190 g/mol. The molecule has 2 atom stereocenters. The van der Waals surface area contributed by atoms with Gasteiger partial charge in [-0.3, -0.25) is 4.79 Å². The van der Waals surface area contributed by atoms with Crippen LogP contribution in [0.1, 0.15) is 26.2 Å². The lowest BCUT2D eigenvalue weighted by Gasteiger charge is -2.27. The molecule has 1 aliphatic heterocycles. The van der Waals surface area contributed by atoms with Gasteiger partial charge in [0.1, 0.15) is 0 Å². The van der Waals surface area contributed by atoms with Crippen molar-refractivity contribution in [3.63, 3.8) is 0 Å². The van der Waals surface area contributed by atoms with Crippen LogP contribution in [0.25, 0.3) is 0 Å². The monoisotopic (exact) mass is 207 g/mol. The first-order valence-electron chi connectivity index (χ1n) is 4.59. The lowest BCUT2D eigenvalue weighted by Crippen LogP contribution is -2.41. The van der Waals surface area contributed by atoms with Crippen molar-refractivity contribution in [2.45, 2.75) is 32.2 Å². The third-order valence-corrected chi connectivity index (χ3v) is 2.54. The van der Waals surface area contributed by atoms with E-state index < -0.39 is 0 Å². The zero-order chi connectivity index (χ0) is 8.97. The number of carbonyl (C=O) groups excluding carboxylic acids is 1. The van der Waals surface area contributed by atoms with Crippen molar-refractivity contribution in [2.75, 3.05) is 13.7 Å². The van der Waals surface area contributed by atoms with Crippen LogP contribution in [0, 0.1) is 5.92 Å². The van der Waals surface area contributed by atoms with Gasteiger partial charge >= 0.3 is 5.97 Å². The number of esters is 1. The van der Waals surface area contributed by atoms with Crippen LogP contribution >= 0.6 is 12.4 Å². The predicted molar refractivity (Wildman–Crippen MR) is 54.1 cm³/mol. The second-order valence-electron chi connectivity index (χ2n) is 3.31. The minimum Gasteiger partial charge on any atom is -0.469 e. The highest BCUT2D eigenvalue weighted by atomic mass is 35.5. The molecule has 1 aliphatic rings. The fraction of sp³-hybridized carbons (Fsp3) is 0.889. The smallest absolute Gasteiger partial charge is 0.309 e. The van der Waals surface area contributed by atoms with Crippen LogP contribution in [-0.4, -0.2) is 25.7 Å². The molecule has 0 aromatic heterocycles. The van der Waals surface area contributed by atoms with Crippen LogP contribution in [-0.2, 0) is 9.53 Å². The van der Waals surface area contributed by atoms with Gasteiger partial charge < -0.3 is 10.1 Å². The van der Waals surface area contributed by atoms with Gasteiger partial charge in [-0.15, -0.1) is 12.4 Å². The van der Waals surface area contributed by atoms with Gasteiger partial charge in [-0.1, -0.05) is 6.92 Å². The molecule has 0 radical (unpaired) electrons. The van der Waals surface area contributed by atoms with E-state index in [9.17, 15) is 4.79 Å². The summed E-state index contributed by atoms with van der Waals surface area (Å²) >= 11 is 0. The van der Waals surface area contributed by atoms with Gasteiger partial charge in [0.2, 0.25) is 0 Å². The van der Waals surface area contributed by atoms with Crippen LogP contribution in [0.15, 0.2) is 0 Å². The first-order chi connectivity index (χ1) is 5.77. The van der Waals surface area contributed by atoms with Gasteiger partial charge in [0.15, 0.2) is 0 Å². The lowest BCUT2D eigenvalue weighted by atomic mass is 9.94. The van der Waals surface area contributed by atoms with E-state index >= 15 is 0 Å². The first-order valence-corrected chi connectivity index (χ1v) is 4.59. The summed E-state index contributed by atoms with van der Waals surface area (Å²) in [6.45, 7) is 2.95. The maximum atomic E-state index is 11.1. The number of hydrogen-bond acceptors (Lipinski definition) is 3. The summed E-state index contributed by atoms with van der Waals surface area (Å²) in [7, 11) is 1.45. The Morgan fingerprint density at radius 2 is 2.23 bits per heavy atom. The first kappa shape index (κ1) is 12.7. The van der Waals surface area contributed by atoms with E-state index in [1.807, 2.05) is 0 Å². The van der Waals surface area contributed by atoms with E-state index in [-0.39, 0.29) is 24.3 Å². The molecular formula is C9H18ClNO2. The molecule has 13 heavy (non-hydrogen) atoms. The third-order valence-electron chi connectivity index (χ3n) is 2.54. The SMILES string of the molecule is CCC1CCC(C(=O)OC)CN1.Cl. The minimum atomic E-state index is -0.0722. The fourth-order valence-corrected chi connectivity index (χ4v) is 1.63. The maximum Gasteiger partial charge on any atom is 0.309 e. The van der Waals surface area contributed by atoms with Crippen molar-refractivity contribution < 1.29 is 9.53 Å². The average Bonchev–Trinajstić information content (AvgIpc) is 2.17. The summed E-state index contributed by atoms with van der Waals surface area (Å²) in [5.74, 6) is 0.00912. The fourth-order valence-electron chi connectivity index (χ4n) is 1.63. The maximum absolute atomic E-state index is 11.1. The second-order valence-corrected chi connectivity index (χ2v) is 3.31. The molecule has 0 spiro atoms. The Hall–Kier alpha value is -0.280. The summed E-state index contributed by atoms with van der Waals surface area (Å²) < 4.78 is 4.68. The van der Waals surface area contributed by atoms with Crippen molar-refractivity contribution in [3.8, 4) is 0 Å². The molecule has 2 unspecified atom stereocenters. The topological polar surface area (TPSA) is 38.3 Å². The van der Waals surface area contributed by atoms with Gasteiger partial charge in [0, 0.05) is 12.6 Å². The van der Waals surface area contributed by atoms with E-state index in [1.54, 1.807) is 0 Å². The number of piperidine rings is 1. The molecule has 0 aromatic carbocycles. The number of nitrogens with one attached hydrogen (secondary N) is 1. The molecule has 1 fully saturated rings. The van der Waals surface area contributed by atoms with E-state index in [4.69, 9.17) is 0 Å². The molecule has 0 saturated carbocycles. The summed E-state index contributed by atoms with van der Waals surface area (Å²) in [6.07, 6.45) is 3.21. The third kappa shape index (κ3) is 3.53. The van der Waals surface area contributed by atoms with Crippen LogP contribution in [0.3, 0.4) is 0 Å². The van der Waals surface area contributed by atoms with Crippen molar-refractivity contribution in [2.24, 2.45) is 5.92 Å². The molecule has 3 nitrogen and oxygen atoms in total. The zero-order valence-electron chi connectivity index (χ0n) is 8.21. The van der Waals surface area contributed by atoms with Gasteiger partial charge in [-0.2, -0.15) is 0 Å². The Kier molecular flexibility index (Phi) is 6.08. The molecule has 0 amide bonds. The van der Waals surface area contributed by atoms with E-state index in [2.05, 4.69) is 17.0 Å². The molecule has 4 heteroatoms. The number of carbonyl (C=O) groups is 1. The number of methoxy groups -OCH3 is 1. The summed E-state index contributed by atoms with van der Waals surface area (Å²) in [6, 6.07) is 0.603. The molecule has 78 valence electrons. The van der Waals surface area contributed by atoms with Gasteiger partial charge in [0.05, 0.1) is 13.0 Å². The van der Waals surface area contributed by atoms with Crippen LogP contribution in [0.5, 0.6) is 0 Å². The number of halogens is 1. The van der Waals surface area contributed by atoms with Gasteiger partial charge in [-0.05, 0) is 19.3 Å². The highest BCUT2D eigenvalue weighted by molar-refractivity contribution is 5.85. The quantitative estimate of drug-likeness (QED) is 0.695. The Bertz CT molecular complexity index is 156. The molecule has 1 N–H and O–H groups in total. The van der Waals surface area contributed by atoms with E-state index in [1.165, 1.54) is 7.11 Å². The molecule has 0 aromatic rings. The van der Waals surface area contributed by atoms with Crippen molar-refractivity contribution in [1.82, 2.24) is 5.32 Å². The largest absolute Gasteiger partial charge is 0.469 e.